The smallest absolute Gasteiger partial charge is 0.265 e. The lowest BCUT2D eigenvalue weighted by molar-refractivity contribution is -0.122. The van der Waals surface area contributed by atoms with E-state index in [1.807, 2.05) is 25.1 Å². The van der Waals surface area contributed by atoms with Crippen LogP contribution in [-0.2, 0) is 14.8 Å². The molecule has 29 heavy (non-hydrogen) atoms. The van der Waals surface area contributed by atoms with Crippen LogP contribution in [0.5, 0.6) is 11.5 Å². The maximum Gasteiger partial charge on any atom is 0.265 e. The molecule has 0 fully saturated rings. The summed E-state index contributed by atoms with van der Waals surface area (Å²) >= 11 is 0. The average Bonchev–Trinajstić information content (AvgIpc) is 2.73. The van der Waals surface area contributed by atoms with Crippen LogP contribution in [0.4, 0.5) is 5.69 Å². The molecule has 2 aromatic carbocycles. The molecule has 0 aliphatic heterocycles. The molecule has 0 saturated carbocycles. The van der Waals surface area contributed by atoms with Crippen LogP contribution >= 0.6 is 0 Å². The molecule has 0 radical (unpaired) electrons. The normalized spacial score (nSPS) is 12.4. The number of carbonyl (C=O) groups is 1. The van der Waals surface area contributed by atoms with Gasteiger partial charge in [0.25, 0.3) is 5.91 Å². The Morgan fingerprint density at radius 3 is 2.28 bits per heavy atom. The molecule has 0 spiro atoms. The number of amides is 1. The van der Waals surface area contributed by atoms with Crippen molar-refractivity contribution < 1.29 is 22.7 Å². The van der Waals surface area contributed by atoms with E-state index < -0.39 is 16.1 Å². The number of ether oxygens (including phenoxy) is 2. The Kier molecular flexibility index (Phi) is 8.04. The van der Waals surface area contributed by atoms with Gasteiger partial charge in [0.05, 0.1) is 17.7 Å². The third kappa shape index (κ3) is 5.48. The minimum Gasteiger partial charge on any atom is -0.495 e. The average molecular weight is 421 g/mol. The molecule has 7 nitrogen and oxygen atoms in total. The molecule has 1 unspecified atom stereocenters. The summed E-state index contributed by atoms with van der Waals surface area (Å²) in [5.74, 6) is 0.567. The molecule has 0 aliphatic carbocycles. The predicted octanol–water partition coefficient (Wildman–Crippen LogP) is 3.52. The van der Waals surface area contributed by atoms with E-state index in [2.05, 4.69) is 5.32 Å². The Balaban J connectivity index is 2.29. The number of para-hydroxylation sites is 1. The quantitative estimate of drug-likeness (QED) is 0.636. The molecule has 0 saturated heterocycles. The highest BCUT2D eigenvalue weighted by molar-refractivity contribution is 7.89. The number of nitrogens with one attached hydrogen (secondary N) is 1. The molecule has 1 amide bonds. The third-order valence-electron chi connectivity index (χ3n) is 4.46. The van der Waals surface area contributed by atoms with Gasteiger partial charge in [0.1, 0.15) is 11.5 Å². The number of rotatable bonds is 10. The number of carbonyl (C=O) groups excluding carboxylic acids is 1. The zero-order valence-corrected chi connectivity index (χ0v) is 18.0. The van der Waals surface area contributed by atoms with Gasteiger partial charge in [-0.25, -0.2) is 8.42 Å². The molecule has 2 rings (SSSR count). The second-order valence-electron chi connectivity index (χ2n) is 6.27. The Morgan fingerprint density at radius 2 is 1.72 bits per heavy atom. The van der Waals surface area contributed by atoms with Gasteiger partial charge in [-0.3, -0.25) is 4.79 Å². The Bertz CT molecular complexity index is 912. The van der Waals surface area contributed by atoms with E-state index in [1.54, 1.807) is 26.0 Å². The summed E-state index contributed by atoms with van der Waals surface area (Å²) in [4.78, 5) is 12.9. The molecule has 2 aromatic rings. The molecule has 0 heterocycles. The summed E-state index contributed by atoms with van der Waals surface area (Å²) in [6.07, 6.45) is -0.286. The molecular weight excluding hydrogens is 392 g/mol. The third-order valence-corrected chi connectivity index (χ3v) is 6.50. The topological polar surface area (TPSA) is 84.9 Å². The number of anilines is 1. The first-order chi connectivity index (χ1) is 13.9. The summed E-state index contributed by atoms with van der Waals surface area (Å²) in [6.45, 7) is 6.11. The van der Waals surface area contributed by atoms with Crippen LogP contribution < -0.4 is 14.8 Å². The van der Waals surface area contributed by atoms with Crippen molar-refractivity contribution in [1.82, 2.24) is 4.31 Å². The molecular formula is C21H28N2O5S. The first-order valence-electron chi connectivity index (χ1n) is 9.58. The summed E-state index contributed by atoms with van der Waals surface area (Å²) < 4.78 is 38.0. The molecule has 158 valence electrons. The van der Waals surface area contributed by atoms with Crippen molar-refractivity contribution >= 4 is 21.6 Å². The maximum atomic E-state index is 12.8. The summed E-state index contributed by atoms with van der Waals surface area (Å²) in [7, 11) is -2.20. The SMILES string of the molecule is CCC(Oc1ccccc1)C(=O)Nc1cc(S(=O)(=O)N(CC)CC)ccc1OC. The lowest BCUT2D eigenvalue weighted by atomic mass is 10.2. The predicted molar refractivity (Wildman–Crippen MR) is 113 cm³/mol. The zero-order chi connectivity index (χ0) is 21.4. The van der Waals surface area contributed by atoms with E-state index in [1.165, 1.54) is 29.6 Å². The Hall–Kier alpha value is -2.58. The van der Waals surface area contributed by atoms with Gasteiger partial charge >= 0.3 is 0 Å². The first kappa shape index (κ1) is 22.7. The van der Waals surface area contributed by atoms with E-state index in [9.17, 15) is 13.2 Å². The van der Waals surface area contributed by atoms with Gasteiger partial charge in [-0.15, -0.1) is 0 Å². The van der Waals surface area contributed by atoms with Crippen molar-refractivity contribution in [3.8, 4) is 11.5 Å². The Morgan fingerprint density at radius 1 is 1.07 bits per heavy atom. The van der Waals surface area contributed by atoms with Gasteiger partial charge in [-0.05, 0) is 36.8 Å². The largest absolute Gasteiger partial charge is 0.495 e. The molecule has 0 aliphatic rings. The van der Waals surface area contributed by atoms with E-state index in [0.29, 0.717) is 31.0 Å². The van der Waals surface area contributed by atoms with Crippen molar-refractivity contribution in [2.24, 2.45) is 0 Å². The van der Waals surface area contributed by atoms with E-state index in [4.69, 9.17) is 9.47 Å². The number of sulfonamides is 1. The maximum absolute atomic E-state index is 12.8. The lowest BCUT2D eigenvalue weighted by Crippen LogP contribution is -2.33. The Labute approximate surface area is 172 Å². The molecule has 1 N–H and O–H groups in total. The van der Waals surface area contributed by atoms with Crippen molar-refractivity contribution in [3.63, 3.8) is 0 Å². The van der Waals surface area contributed by atoms with Crippen LogP contribution in [-0.4, -0.2) is 44.9 Å². The van der Waals surface area contributed by atoms with Gasteiger partial charge < -0.3 is 14.8 Å². The lowest BCUT2D eigenvalue weighted by Gasteiger charge is -2.21. The fourth-order valence-electron chi connectivity index (χ4n) is 2.86. The molecule has 0 aromatic heterocycles. The van der Waals surface area contributed by atoms with Gasteiger partial charge in [0.2, 0.25) is 10.0 Å². The van der Waals surface area contributed by atoms with Crippen LogP contribution in [0.3, 0.4) is 0 Å². The number of hydrogen-bond acceptors (Lipinski definition) is 5. The van der Waals surface area contributed by atoms with Crippen molar-refractivity contribution in [3.05, 3.63) is 48.5 Å². The van der Waals surface area contributed by atoms with E-state index >= 15 is 0 Å². The highest BCUT2D eigenvalue weighted by atomic mass is 32.2. The van der Waals surface area contributed by atoms with Crippen molar-refractivity contribution in [2.45, 2.75) is 38.2 Å². The molecule has 8 heteroatoms. The van der Waals surface area contributed by atoms with E-state index in [0.717, 1.165) is 0 Å². The number of nitrogens with zero attached hydrogens (tertiary/aromatic N) is 1. The number of hydrogen-bond donors (Lipinski definition) is 1. The summed E-state index contributed by atoms with van der Waals surface area (Å²) in [5.41, 5.74) is 0.279. The number of benzene rings is 2. The first-order valence-corrected chi connectivity index (χ1v) is 11.0. The fraction of sp³-hybridized carbons (Fsp3) is 0.381. The zero-order valence-electron chi connectivity index (χ0n) is 17.2. The van der Waals surface area contributed by atoms with Gasteiger partial charge in [-0.2, -0.15) is 4.31 Å². The van der Waals surface area contributed by atoms with Gasteiger partial charge in [0, 0.05) is 13.1 Å². The number of methoxy groups -OCH3 is 1. The van der Waals surface area contributed by atoms with Gasteiger partial charge in [0.15, 0.2) is 6.10 Å². The van der Waals surface area contributed by atoms with E-state index in [-0.39, 0.29) is 16.5 Å². The molecule has 1 atom stereocenters. The van der Waals surface area contributed by atoms with Gasteiger partial charge in [-0.1, -0.05) is 39.0 Å². The fourth-order valence-corrected chi connectivity index (χ4v) is 4.34. The monoisotopic (exact) mass is 420 g/mol. The van der Waals surface area contributed by atoms with Crippen molar-refractivity contribution in [1.29, 1.82) is 0 Å². The van der Waals surface area contributed by atoms with Crippen LogP contribution in [0.1, 0.15) is 27.2 Å². The van der Waals surface area contributed by atoms with Crippen LogP contribution in [0.25, 0.3) is 0 Å². The second-order valence-corrected chi connectivity index (χ2v) is 8.21. The van der Waals surface area contributed by atoms with Crippen LogP contribution in [0.2, 0.25) is 0 Å². The second kappa shape index (κ2) is 10.3. The molecule has 0 bridgehead atoms. The minimum absolute atomic E-state index is 0.0920. The van der Waals surface area contributed by atoms with Crippen LogP contribution in [0, 0.1) is 0 Å². The highest BCUT2D eigenvalue weighted by Crippen LogP contribution is 2.29. The highest BCUT2D eigenvalue weighted by Gasteiger charge is 2.25. The minimum atomic E-state index is -3.66. The van der Waals surface area contributed by atoms with Crippen LogP contribution in [0.15, 0.2) is 53.4 Å². The summed E-state index contributed by atoms with van der Waals surface area (Å²) in [6, 6.07) is 13.5. The van der Waals surface area contributed by atoms with Crippen molar-refractivity contribution in [2.75, 3.05) is 25.5 Å². The summed E-state index contributed by atoms with van der Waals surface area (Å²) in [5, 5.41) is 2.75. The standard InChI is InChI=1S/C21H28N2O5S/c1-5-19(28-16-11-9-8-10-12-16)21(24)22-18-15-17(13-14-20(18)27-4)29(25,26)23(6-2)7-3/h8-15,19H,5-7H2,1-4H3,(H,22,24).